The lowest BCUT2D eigenvalue weighted by Gasteiger charge is -1.94. The van der Waals surface area contributed by atoms with Crippen LogP contribution in [0.1, 0.15) is 16.1 Å². The highest BCUT2D eigenvalue weighted by atomic mass is 35.5. The number of hydrogen-bond acceptors (Lipinski definition) is 2. The molecule has 0 spiro atoms. The van der Waals surface area contributed by atoms with Gasteiger partial charge in [-0.3, -0.25) is 4.79 Å². The largest absolute Gasteiger partial charge is 0.359 e. The minimum absolute atomic E-state index is 0.136. The van der Waals surface area contributed by atoms with Gasteiger partial charge in [-0.25, -0.2) is 0 Å². The van der Waals surface area contributed by atoms with Crippen molar-refractivity contribution in [2.45, 2.75) is 0 Å². The van der Waals surface area contributed by atoms with Gasteiger partial charge in [-0.05, 0) is 18.2 Å². The second kappa shape index (κ2) is 3.77. The highest BCUT2D eigenvalue weighted by molar-refractivity contribution is 7.20. The molecule has 0 unspecified atom stereocenters. The summed E-state index contributed by atoms with van der Waals surface area (Å²) in [4.78, 5) is 14.6. The predicted octanol–water partition coefficient (Wildman–Crippen LogP) is 3.61. The van der Waals surface area contributed by atoms with Gasteiger partial charge in [-0.2, -0.15) is 0 Å². The van der Waals surface area contributed by atoms with E-state index in [0.717, 1.165) is 0 Å². The Morgan fingerprint density at radius 1 is 1.43 bits per heavy atom. The van der Waals surface area contributed by atoms with Crippen LogP contribution >= 0.6 is 34.5 Å². The number of carbonyl (C=O) groups excluding carboxylic acids is 1. The number of aromatic amines is 1. The van der Waals surface area contributed by atoms with E-state index in [4.69, 9.17) is 23.2 Å². The van der Waals surface area contributed by atoms with Crippen LogP contribution < -0.4 is 0 Å². The van der Waals surface area contributed by atoms with Crippen LogP contribution in [-0.2, 0) is 0 Å². The lowest BCUT2D eigenvalue weighted by atomic mass is 10.2. The van der Waals surface area contributed by atoms with Gasteiger partial charge in [0.1, 0.15) is 4.34 Å². The number of H-pyrrole nitrogens is 1. The second-order valence-corrected chi connectivity index (χ2v) is 4.94. The predicted molar refractivity (Wildman–Crippen MR) is 58.6 cm³/mol. The van der Waals surface area contributed by atoms with Crippen LogP contribution in [0.15, 0.2) is 24.4 Å². The molecule has 2 aromatic heterocycles. The van der Waals surface area contributed by atoms with Gasteiger partial charge < -0.3 is 4.98 Å². The van der Waals surface area contributed by atoms with E-state index in [1.807, 2.05) is 0 Å². The summed E-state index contributed by atoms with van der Waals surface area (Å²) in [7, 11) is 0. The summed E-state index contributed by atoms with van der Waals surface area (Å²) in [5.41, 5.74) is 0.963. The molecule has 0 aromatic carbocycles. The zero-order chi connectivity index (χ0) is 10.1. The van der Waals surface area contributed by atoms with Crippen LogP contribution in [0.4, 0.5) is 0 Å². The molecular weight excluding hydrogens is 241 g/mol. The van der Waals surface area contributed by atoms with Gasteiger partial charge in [0.2, 0.25) is 5.78 Å². The summed E-state index contributed by atoms with van der Waals surface area (Å²) in [5, 5.41) is 0. The van der Waals surface area contributed by atoms with Crippen molar-refractivity contribution in [3.8, 4) is 0 Å². The van der Waals surface area contributed by atoms with Crippen LogP contribution in [0.5, 0.6) is 0 Å². The zero-order valence-electron chi connectivity index (χ0n) is 6.88. The molecule has 2 nitrogen and oxygen atoms in total. The van der Waals surface area contributed by atoms with Crippen LogP contribution in [0, 0.1) is 0 Å². The summed E-state index contributed by atoms with van der Waals surface area (Å²) in [6.07, 6.45) is 1.69. The summed E-state index contributed by atoms with van der Waals surface area (Å²) in [6, 6.07) is 5.04. The minimum atomic E-state index is -0.136. The molecule has 0 aliphatic carbocycles. The Hall–Kier alpha value is -0.770. The second-order valence-electron chi connectivity index (χ2n) is 2.65. The molecule has 1 N–H and O–H groups in total. The van der Waals surface area contributed by atoms with E-state index in [1.54, 1.807) is 24.4 Å². The fourth-order valence-corrected chi connectivity index (χ4v) is 2.57. The molecule has 0 atom stereocenters. The van der Waals surface area contributed by atoms with E-state index >= 15 is 0 Å². The van der Waals surface area contributed by atoms with Crippen molar-refractivity contribution in [1.82, 2.24) is 4.98 Å². The van der Waals surface area contributed by atoms with Gasteiger partial charge in [0.05, 0.1) is 15.6 Å². The van der Waals surface area contributed by atoms with Crippen molar-refractivity contribution in [2.75, 3.05) is 0 Å². The number of thiophene rings is 1. The Bertz CT molecular complexity index is 461. The van der Waals surface area contributed by atoms with Gasteiger partial charge in [0, 0.05) is 6.20 Å². The first-order valence-electron chi connectivity index (χ1n) is 3.81. The van der Waals surface area contributed by atoms with Crippen LogP contribution in [0.3, 0.4) is 0 Å². The standard InChI is InChI=1S/C9H5Cl2NOS/c10-7-4-5(9(11)14-7)8(13)6-2-1-3-12-6/h1-4,12H. The molecule has 0 fully saturated rings. The first kappa shape index (κ1) is 9.77. The van der Waals surface area contributed by atoms with Crippen molar-refractivity contribution in [3.63, 3.8) is 0 Å². The third kappa shape index (κ3) is 1.71. The first-order chi connectivity index (χ1) is 6.68. The average molecular weight is 246 g/mol. The maximum Gasteiger partial charge on any atom is 0.211 e. The van der Waals surface area contributed by atoms with Crippen LogP contribution in [0.2, 0.25) is 8.67 Å². The number of rotatable bonds is 2. The lowest BCUT2D eigenvalue weighted by Crippen LogP contribution is -1.99. The van der Waals surface area contributed by atoms with E-state index in [1.165, 1.54) is 11.3 Å². The Kier molecular flexibility index (Phi) is 2.63. The summed E-state index contributed by atoms with van der Waals surface area (Å²) >= 11 is 12.8. The van der Waals surface area contributed by atoms with Gasteiger partial charge in [0.25, 0.3) is 0 Å². The molecule has 2 rings (SSSR count). The molecule has 0 aliphatic heterocycles. The number of aromatic nitrogens is 1. The Balaban J connectivity index is 2.41. The van der Waals surface area contributed by atoms with E-state index in [0.29, 0.717) is 19.9 Å². The van der Waals surface area contributed by atoms with Gasteiger partial charge in [-0.15, -0.1) is 11.3 Å². The first-order valence-corrected chi connectivity index (χ1v) is 5.38. The van der Waals surface area contributed by atoms with Gasteiger partial charge in [-0.1, -0.05) is 23.2 Å². The van der Waals surface area contributed by atoms with Crippen molar-refractivity contribution < 1.29 is 4.79 Å². The Morgan fingerprint density at radius 2 is 2.21 bits per heavy atom. The smallest absolute Gasteiger partial charge is 0.211 e. The summed E-state index contributed by atoms with van der Waals surface area (Å²) in [5.74, 6) is -0.136. The molecule has 0 saturated carbocycles. The monoisotopic (exact) mass is 245 g/mol. The third-order valence-corrected chi connectivity index (χ3v) is 3.23. The molecule has 0 aliphatic rings. The highest BCUT2D eigenvalue weighted by Crippen LogP contribution is 2.32. The number of ketones is 1. The molecule has 2 heterocycles. The molecule has 2 aromatic rings. The summed E-state index contributed by atoms with van der Waals surface area (Å²) in [6.45, 7) is 0. The highest BCUT2D eigenvalue weighted by Gasteiger charge is 2.16. The van der Waals surface area contributed by atoms with Crippen molar-refractivity contribution in [2.24, 2.45) is 0 Å². The van der Waals surface area contributed by atoms with Crippen molar-refractivity contribution in [1.29, 1.82) is 0 Å². The normalized spacial score (nSPS) is 10.4. The summed E-state index contributed by atoms with van der Waals surface area (Å²) < 4.78 is 0.944. The quantitative estimate of drug-likeness (QED) is 0.806. The maximum absolute atomic E-state index is 11.8. The molecule has 0 radical (unpaired) electrons. The molecule has 0 saturated heterocycles. The van der Waals surface area contributed by atoms with Gasteiger partial charge >= 0.3 is 0 Å². The van der Waals surface area contributed by atoms with E-state index in [9.17, 15) is 4.79 Å². The van der Waals surface area contributed by atoms with Crippen LogP contribution in [0.25, 0.3) is 0 Å². The maximum atomic E-state index is 11.8. The Labute approximate surface area is 94.5 Å². The average Bonchev–Trinajstić information content (AvgIpc) is 2.73. The van der Waals surface area contributed by atoms with Crippen molar-refractivity contribution >= 4 is 40.3 Å². The van der Waals surface area contributed by atoms with Crippen molar-refractivity contribution in [3.05, 3.63) is 44.3 Å². The SMILES string of the molecule is O=C(c1ccc[nH]1)c1cc(Cl)sc1Cl. The molecular formula is C9H5Cl2NOS. The number of carbonyl (C=O) groups is 1. The molecule has 0 bridgehead atoms. The van der Waals surface area contributed by atoms with Crippen LogP contribution in [-0.4, -0.2) is 10.8 Å². The molecule has 0 amide bonds. The zero-order valence-corrected chi connectivity index (χ0v) is 9.21. The minimum Gasteiger partial charge on any atom is -0.359 e. The third-order valence-electron chi connectivity index (χ3n) is 1.74. The van der Waals surface area contributed by atoms with E-state index in [-0.39, 0.29) is 5.78 Å². The lowest BCUT2D eigenvalue weighted by molar-refractivity contribution is 0.103. The molecule has 72 valence electrons. The van der Waals surface area contributed by atoms with Gasteiger partial charge in [0.15, 0.2) is 0 Å². The fraction of sp³-hybridized carbons (Fsp3) is 0. The molecule has 14 heavy (non-hydrogen) atoms. The van der Waals surface area contributed by atoms with E-state index < -0.39 is 0 Å². The van der Waals surface area contributed by atoms with E-state index in [2.05, 4.69) is 4.98 Å². The number of hydrogen-bond donors (Lipinski definition) is 1. The molecule has 5 heteroatoms. The Morgan fingerprint density at radius 3 is 2.71 bits per heavy atom. The topological polar surface area (TPSA) is 32.9 Å². The number of nitrogens with one attached hydrogen (secondary N) is 1. The number of halogens is 2. The fourth-order valence-electron chi connectivity index (χ4n) is 1.11.